The van der Waals surface area contributed by atoms with Crippen molar-refractivity contribution in [2.75, 3.05) is 7.05 Å². The SMILES string of the molecule is CC(=O)O[C@H](CC(C(C)C)N(C)C(=O)CC1CC1)c1nc(C(=O)N[C@@H](Cc2cc(F)cc(F)c2)C[C@H](C)C(=O)O)cs1. The van der Waals surface area contributed by atoms with Crippen LogP contribution in [0, 0.1) is 29.4 Å². The molecule has 1 aliphatic carbocycles. The fraction of sp³-hybridized carbons (Fsp3) is 0.567. The third-order valence-corrected chi connectivity index (χ3v) is 8.35. The molecule has 0 radical (unpaired) electrons. The Morgan fingerprint density at radius 2 is 1.76 bits per heavy atom. The van der Waals surface area contributed by atoms with Gasteiger partial charge in [-0.2, -0.15) is 0 Å². The van der Waals surface area contributed by atoms with Gasteiger partial charge in [-0.15, -0.1) is 11.3 Å². The average Bonchev–Trinajstić information content (AvgIpc) is 3.55. The maximum absolute atomic E-state index is 13.8. The van der Waals surface area contributed by atoms with Crippen molar-refractivity contribution in [2.45, 2.75) is 84.4 Å². The number of hydrogen-bond acceptors (Lipinski definition) is 7. The van der Waals surface area contributed by atoms with E-state index in [4.69, 9.17) is 4.74 Å². The first kappa shape index (κ1) is 33.1. The number of halogens is 2. The maximum atomic E-state index is 13.8. The molecule has 1 aliphatic rings. The van der Waals surface area contributed by atoms with E-state index >= 15 is 0 Å². The monoisotopic (exact) mass is 607 g/mol. The third kappa shape index (κ3) is 9.85. The molecule has 2 amide bonds. The minimum atomic E-state index is -1.07. The minimum Gasteiger partial charge on any atom is -0.481 e. The highest BCUT2D eigenvalue weighted by molar-refractivity contribution is 7.09. The van der Waals surface area contributed by atoms with Gasteiger partial charge < -0.3 is 20.1 Å². The Kier molecular flexibility index (Phi) is 11.6. The zero-order valence-electron chi connectivity index (χ0n) is 24.6. The highest BCUT2D eigenvalue weighted by Crippen LogP contribution is 2.35. The van der Waals surface area contributed by atoms with Crippen molar-refractivity contribution in [1.29, 1.82) is 0 Å². The van der Waals surface area contributed by atoms with Gasteiger partial charge in [-0.1, -0.05) is 20.8 Å². The summed E-state index contributed by atoms with van der Waals surface area (Å²) in [4.78, 5) is 55.7. The van der Waals surface area contributed by atoms with E-state index in [-0.39, 0.29) is 42.0 Å². The molecular formula is C30H39F2N3O6S. The Morgan fingerprint density at radius 1 is 1.12 bits per heavy atom. The Balaban J connectivity index is 1.78. The van der Waals surface area contributed by atoms with Crippen molar-refractivity contribution >= 4 is 35.1 Å². The zero-order chi connectivity index (χ0) is 31.1. The number of carbonyl (C=O) groups excluding carboxylic acids is 3. The molecular weight excluding hydrogens is 568 g/mol. The lowest BCUT2D eigenvalue weighted by Gasteiger charge is -2.33. The van der Waals surface area contributed by atoms with Crippen LogP contribution >= 0.6 is 11.3 Å². The molecule has 3 rings (SSSR count). The van der Waals surface area contributed by atoms with Crippen LogP contribution in [-0.2, 0) is 25.5 Å². The van der Waals surface area contributed by atoms with Crippen LogP contribution in [0.25, 0.3) is 0 Å². The van der Waals surface area contributed by atoms with Crippen molar-refractivity contribution in [1.82, 2.24) is 15.2 Å². The maximum Gasteiger partial charge on any atom is 0.306 e. The summed E-state index contributed by atoms with van der Waals surface area (Å²) < 4.78 is 33.1. The molecule has 1 heterocycles. The number of benzene rings is 1. The molecule has 230 valence electrons. The van der Waals surface area contributed by atoms with E-state index in [1.165, 1.54) is 19.2 Å². The number of carboxylic acid groups (broad SMARTS) is 1. The van der Waals surface area contributed by atoms with Gasteiger partial charge in [0.1, 0.15) is 22.3 Å². The van der Waals surface area contributed by atoms with Gasteiger partial charge in [-0.05, 0) is 55.2 Å². The lowest BCUT2D eigenvalue weighted by molar-refractivity contribution is -0.148. The summed E-state index contributed by atoms with van der Waals surface area (Å²) in [5.41, 5.74) is 0.300. The molecule has 2 N–H and O–H groups in total. The Labute approximate surface area is 248 Å². The van der Waals surface area contributed by atoms with Gasteiger partial charge in [0.05, 0.1) is 5.92 Å². The molecule has 12 heteroatoms. The van der Waals surface area contributed by atoms with Crippen LogP contribution in [0.3, 0.4) is 0 Å². The topological polar surface area (TPSA) is 126 Å². The summed E-state index contributed by atoms with van der Waals surface area (Å²) in [6.07, 6.45) is 2.12. The number of rotatable bonds is 15. The number of esters is 1. The third-order valence-electron chi connectivity index (χ3n) is 7.41. The standard InChI is InChI=1S/C30H39F2N3O6S/c1-16(2)25(35(5)27(37)12-19-6-7-19)14-26(41-18(4)36)29-34-24(15-42-29)28(38)33-23(8-17(3)30(39)40)11-20-9-21(31)13-22(32)10-20/h9-10,13,15-17,19,23,25-26H,6-8,11-12,14H2,1-5H3,(H,33,38)(H,39,40)/t17-,23+,25?,26+/m0/s1. The number of nitrogens with one attached hydrogen (secondary N) is 1. The summed E-state index contributed by atoms with van der Waals surface area (Å²) in [5, 5.41) is 14.0. The number of carbonyl (C=O) groups is 4. The van der Waals surface area contributed by atoms with Gasteiger partial charge in [0, 0.05) is 50.3 Å². The quantitative estimate of drug-likeness (QED) is 0.268. The van der Waals surface area contributed by atoms with Crippen molar-refractivity contribution in [3.8, 4) is 0 Å². The summed E-state index contributed by atoms with van der Waals surface area (Å²) >= 11 is 1.13. The number of thiazole rings is 1. The number of aliphatic carboxylic acids is 1. The Hall–Kier alpha value is -3.41. The predicted molar refractivity (Wildman–Crippen MR) is 153 cm³/mol. The Bertz CT molecular complexity index is 1260. The first-order valence-corrected chi connectivity index (χ1v) is 15.0. The van der Waals surface area contributed by atoms with Gasteiger partial charge in [0.25, 0.3) is 5.91 Å². The number of hydrogen-bond donors (Lipinski definition) is 2. The molecule has 0 spiro atoms. The van der Waals surface area contributed by atoms with Crippen LogP contribution in [0.2, 0.25) is 0 Å². The molecule has 1 aromatic heterocycles. The second-order valence-corrected chi connectivity index (χ2v) is 12.4. The van der Waals surface area contributed by atoms with Crippen LogP contribution in [0.15, 0.2) is 23.6 Å². The highest BCUT2D eigenvalue weighted by atomic mass is 32.1. The molecule has 1 fully saturated rings. The fourth-order valence-electron chi connectivity index (χ4n) is 4.93. The average molecular weight is 608 g/mol. The second-order valence-electron chi connectivity index (χ2n) is 11.5. The van der Waals surface area contributed by atoms with E-state index in [2.05, 4.69) is 10.3 Å². The van der Waals surface area contributed by atoms with Crippen LogP contribution in [-0.4, -0.2) is 57.9 Å². The van der Waals surface area contributed by atoms with E-state index in [1.807, 2.05) is 13.8 Å². The molecule has 0 aliphatic heterocycles. The largest absolute Gasteiger partial charge is 0.481 e. The zero-order valence-corrected chi connectivity index (χ0v) is 25.4. The minimum absolute atomic E-state index is 0.00238. The van der Waals surface area contributed by atoms with Gasteiger partial charge in [-0.3, -0.25) is 19.2 Å². The van der Waals surface area contributed by atoms with Crippen LogP contribution < -0.4 is 5.32 Å². The van der Waals surface area contributed by atoms with Crippen molar-refractivity contribution in [2.24, 2.45) is 17.8 Å². The molecule has 1 saturated carbocycles. The van der Waals surface area contributed by atoms with Crippen molar-refractivity contribution in [3.05, 3.63) is 51.5 Å². The van der Waals surface area contributed by atoms with E-state index in [0.29, 0.717) is 23.8 Å². The molecule has 0 saturated heterocycles. The van der Waals surface area contributed by atoms with Gasteiger partial charge in [0.2, 0.25) is 5.91 Å². The lowest BCUT2D eigenvalue weighted by atomic mass is 9.95. The summed E-state index contributed by atoms with van der Waals surface area (Å²) in [5.74, 6) is -4.06. The van der Waals surface area contributed by atoms with Gasteiger partial charge in [-0.25, -0.2) is 13.8 Å². The lowest BCUT2D eigenvalue weighted by Crippen LogP contribution is -2.42. The predicted octanol–water partition coefficient (Wildman–Crippen LogP) is 5.15. The van der Waals surface area contributed by atoms with E-state index < -0.39 is 47.5 Å². The van der Waals surface area contributed by atoms with Crippen LogP contribution in [0.1, 0.15) is 87.0 Å². The first-order chi connectivity index (χ1) is 19.7. The number of carboxylic acids is 1. The number of ether oxygens (including phenoxy) is 1. The molecule has 4 atom stereocenters. The molecule has 0 bridgehead atoms. The normalized spacial score (nSPS) is 15.9. The first-order valence-electron chi connectivity index (χ1n) is 14.1. The summed E-state index contributed by atoms with van der Waals surface area (Å²) in [7, 11) is 1.75. The van der Waals surface area contributed by atoms with E-state index in [9.17, 15) is 33.1 Å². The van der Waals surface area contributed by atoms with Gasteiger partial charge >= 0.3 is 11.9 Å². The number of nitrogens with zero attached hydrogens (tertiary/aromatic N) is 2. The number of amides is 2. The van der Waals surface area contributed by atoms with Gasteiger partial charge in [0.15, 0.2) is 6.10 Å². The smallest absolute Gasteiger partial charge is 0.306 e. The molecule has 1 unspecified atom stereocenters. The van der Waals surface area contributed by atoms with Crippen LogP contribution in [0.4, 0.5) is 8.78 Å². The highest BCUT2D eigenvalue weighted by Gasteiger charge is 2.33. The number of aromatic nitrogens is 1. The van der Waals surface area contributed by atoms with Crippen LogP contribution in [0.5, 0.6) is 0 Å². The van der Waals surface area contributed by atoms with E-state index in [0.717, 1.165) is 42.4 Å². The van der Waals surface area contributed by atoms with Crippen molar-refractivity contribution < 1.29 is 37.8 Å². The summed E-state index contributed by atoms with van der Waals surface area (Å²) in [6, 6.07) is 2.01. The molecule has 2 aromatic rings. The molecule has 9 nitrogen and oxygen atoms in total. The van der Waals surface area contributed by atoms with Crippen molar-refractivity contribution in [3.63, 3.8) is 0 Å². The summed E-state index contributed by atoms with van der Waals surface area (Å²) in [6.45, 7) is 6.74. The second kappa shape index (κ2) is 14.7. The molecule has 1 aromatic carbocycles. The molecule has 42 heavy (non-hydrogen) atoms. The fourth-order valence-corrected chi connectivity index (χ4v) is 5.77. The Morgan fingerprint density at radius 3 is 2.31 bits per heavy atom. The van der Waals surface area contributed by atoms with E-state index in [1.54, 1.807) is 11.9 Å².